The summed E-state index contributed by atoms with van der Waals surface area (Å²) in [5, 5.41) is 17.5. The molecule has 3 aromatic rings. The van der Waals surface area contributed by atoms with Crippen LogP contribution < -0.4 is 10.6 Å². The van der Waals surface area contributed by atoms with Gasteiger partial charge in [0.05, 0.1) is 18.7 Å². The molecule has 0 bridgehead atoms. The van der Waals surface area contributed by atoms with Gasteiger partial charge in [-0.3, -0.25) is 9.59 Å². The van der Waals surface area contributed by atoms with E-state index in [4.69, 9.17) is 9.15 Å². The summed E-state index contributed by atoms with van der Waals surface area (Å²) in [5.41, 5.74) is 1.47. The lowest BCUT2D eigenvalue weighted by Crippen LogP contribution is -2.54. The first kappa shape index (κ1) is 28.2. The molecule has 1 aromatic heterocycles. The molecule has 208 valence electrons. The molecule has 3 N–H and O–H groups in total. The summed E-state index contributed by atoms with van der Waals surface area (Å²) >= 11 is 0. The quantitative estimate of drug-likeness (QED) is 0.397. The average molecular weight is 536 g/mol. The van der Waals surface area contributed by atoms with Crippen LogP contribution in [0.25, 0.3) is 11.0 Å². The summed E-state index contributed by atoms with van der Waals surface area (Å²) in [4.78, 5) is 40.6. The fourth-order valence-corrected chi connectivity index (χ4v) is 4.81. The number of para-hydroxylation sites is 1. The van der Waals surface area contributed by atoms with E-state index in [1.54, 1.807) is 12.1 Å². The molecule has 0 aliphatic carbocycles. The third kappa shape index (κ3) is 7.38. The van der Waals surface area contributed by atoms with Crippen molar-refractivity contribution in [1.29, 1.82) is 0 Å². The average Bonchev–Trinajstić information content (AvgIpc) is 3.31. The van der Waals surface area contributed by atoms with Crippen LogP contribution in [0.5, 0.6) is 0 Å². The summed E-state index contributed by atoms with van der Waals surface area (Å²) in [7, 11) is 0. The SMILES string of the molecule is CC(C)CC(NC(=O)c1cc2ccccc2o1)C(=O)N[C@H]1CC[C@@H](C)N(C(=O)OCc2ccccc2)C[C@@H]1O. The standard InChI is InChI=1S/C30H37N3O6/c1-19(2)15-24(32-29(36)27-16-22-11-7-8-12-26(22)39-27)28(35)31-23-14-13-20(3)33(17-25(23)34)30(37)38-18-21-9-5-4-6-10-21/h4-12,16,19-20,23-25,34H,13-15,17-18H2,1-3H3,(H,31,35)(H,32,36)/t20-,23+,24?,25+/m1/s1. The molecule has 2 aromatic carbocycles. The van der Waals surface area contributed by atoms with E-state index in [2.05, 4.69) is 10.6 Å². The van der Waals surface area contributed by atoms with Gasteiger partial charge in [-0.25, -0.2) is 4.79 Å². The minimum Gasteiger partial charge on any atom is -0.451 e. The van der Waals surface area contributed by atoms with Crippen molar-refractivity contribution in [3.05, 3.63) is 72.0 Å². The molecule has 0 radical (unpaired) electrons. The lowest BCUT2D eigenvalue weighted by atomic mass is 10.0. The second-order valence-electron chi connectivity index (χ2n) is 10.6. The van der Waals surface area contributed by atoms with Gasteiger partial charge in [-0.05, 0) is 49.8 Å². The van der Waals surface area contributed by atoms with E-state index in [9.17, 15) is 19.5 Å². The molecule has 0 spiro atoms. The molecule has 4 atom stereocenters. The number of furan rings is 1. The van der Waals surface area contributed by atoms with Gasteiger partial charge in [-0.1, -0.05) is 62.4 Å². The van der Waals surface area contributed by atoms with Gasteiger partial charge >= 0.3 is 6.09 Å². The number of likely N-dealkylation sites (tertiary alicyclic amines) is 1. The molecule has 1 aliphatic heterocycles. The van der Waals surface area contributed by atoms with Crippen molar-refractivity contribution >= 4 is 28.9 Å². The number of amides is 3. The predicted molar refractivity (Wildman–Crippen MR) is 147 cm³/mol. The summed E-state index contributed by atoms with van der Waals surface area (Å²) in [5.74, 6) is -0.601. The minimum absolute atomic E-state index is 0.0277. The molecular weight excluding hydrogens is 498 g/mol. The topological polar surface area (TPSA) is 121 Å². The van der Waals surface area contributed by atoms with Crippen LogP contribution in [-0.2, 0) is 16.1 Å². The largest absolute Gasteiger partial charge is 0.451 e. The first-order chi connectivity index (χ1) is 18.7. The normalized spacial score (nSPS) is 20.3. The second-order valence-corrected chi connectivity index (χ2v) is 10.6. The number of aliphatic hydroxyl groups excluding tert-OH is 1. The molecule has 39 heavy (non-hydrogen) atoms. The van der Waals surface area contributed by atoms with Crippen molar-refractivity contribution < 1.29 is 28.6 Å². The van der Waals surface area contributed by atoms with Crippen molar-refractivity contribution in [1.82, 2.24) is 15.5 Å². The van der Waals surface area contributed by atoms with Gasteiger partial charge in [-0.2, -0.15) is 0 Å². The smallest absolute Gasteiger partial charge is 0.410 e. The molecule has 9 nitrogen and oxygen atoms in total. The van der Waals surface area contributed by atoms with Crippen LogP contribution in [0.2, 0.25) is 0 Å². The summed E-state index contributed by atoms with van der Waals surface area (Å²) < 4.78 is 11.1. The van der Waals surface area contributed by atoms with E-state index < -0.39 is 30.2 Å². The van der Waals surface area contributed by atoms with Crippen LogP contribution in [0.15, 0.2) is 65.1 Å². The van der Waals surface area contributed by atoms with Crippen molar-refractivity contribution in [2.24, 2.45) is 5.92 Å². The zero-order valence-electron chi connectivity index (χ0n) is 22.6. The molecule has 9 heteroatoms. The highest BCUT2D eigenvalue weighted by Crippen LogP contribution is 2.21. The van der Waals surface area contributed by atoms with Crippen LogP contribution >= 0.6 is 0 Å². The van der Waals surface area contributed by atoms with Crippen molar-refractivity contribution in [2.75, 3.05) is 6.54 Å². The van der Waals surface area contributed by atoms with E-state index in [1.807, 2.05) is 69.3 Å². The first-order valence-electron chi connectivity index (χ1n) is 13.5. The highest BCUT2D eigenvalue weighted by atomic mass is 16.6. The maximum absolute atomic E-state index is 13.3. The summed E-state index contributed by atoms with van der Waals surface area (Å²) in [6.07, 6.45) is -0.0397. The van der Waals surface area contributed by atoms with Crippen LogP contribution in [0.3, 0.4) is 0 Å². The van der Waals surface area contributed by atoms with Crippen molar-refractivity contribution in [3.8, 4) is 0 Å². The van der Waals surface area contributed by atoms with Crippen molar-refractivity contribution in [2.45, 2.75) is 70.9 Å². The number of nitrogens with zero attached hydrogens (tertiary/aromatic N) is 1. The first-order valence-corrected chi connectivity index (χ1v) is 13.5. The Hall–Kier alpha value is -3.85. The van der Waals surface area contributed by atoms with Gasteiger partial charge in [0.25, 0.3) is 5.91 Å². The van der Waals surface area contributed by atoms with Crippen LogP contribution in [0.4, 0.5) is 4.79 Å². The van der Waals surface area contributed by atoms with Gasteiger partial charge < -0.3 is 29.8 Å². The van der Waals surface area contributed by atoms with Gasteiger partial charge in [0.2, 0.25) is 5.91 Å². The van der Waals surface area contributed by atoms with Gasteiger partial charge in [0.1, 0.15) is 18.2 Å². The van der Waals surface area contributed by atoms with E-state index in [0.29, 0.717) is 24.8 Å². The Morgan fingerprint density at radius 3 is 2.51 bits per heavy atom. The van der Waals surface area contributed by atoms with E-state index in [-0.39, 0.29) is 36.8 Å². The Labute approximate surface area is 228 Å². The van der Waals surface area contributed by atoms with Crippen molar-refractivity contribution in [3.63, 3.8) is 0 Å². The number of aliphatic hydroxyl groups is 1. The third-order valence-electron chi connectivity index (χ3n) is 7.02. The molecule has 1 aliphatic rings. The second kappa shape index (κ2) is 12.8. The number of β-amino-alcohol motifs (C(OH)–C–C–N with tert-alkyl or cyclic N) is 1. The third-order valence-corrected chi connectivity index (χ3v) is 7.02. The lowest BCUT2D eigenvalue weighted by molar-refractivity contribution is -0.125. The summed E-state index contributed by atoms with van der Waals surface area (Å²) in [6.45, 7) is 6.00. The van der Waals surface area contributed by atoms with E-state index >= 15 is 0 Å². The minimum atomic E-state index is -0.992. The molecule has 2 heterocycles. The lowest BCUT2D eigenvalue weighted by Gasteiger charge is -2.29. The Balaban J connectivity index is 1.38. The number of nitrogens with one attached hydrogen (secondary N) is 2. The molecule has 1 fully saturated rings. The Kier molecular flexibility index (Phi) is 9.24. The van der Waals surface area contributed by atoms with Crippen LogP contribution in [0.1, 0.15) is 56.2 Å². The maximum Gasteiger partial charge on any atom is 0.410 e. The molecule has 0 saturated carbocycles. The fourth-order valence-electron chi connectivity index (χ4n) is 4.81. The molecule has 1 unspecified atom stereocenters. The van der Waals surface area contributed by atoms with Crippen LogP contribution in [0, 0.1) is 5.92 Å². The highest BCUT2D eigenvalue weighted by Gasteiger charge is 2.35. The van der Waals surface area contributed by atoms with E-state index in [0.717, 1.165) is 10.9 Å². The molecule has 3 amide bonds. The number of carbonyl (C=O) groups is 3. The highest BCUT2D eigenvalue weighted by molar-refractivity contribution is 5.98. The Bertz CT molecular complexity index is 1240. The van der Waals surface area contributed by atoms with Gasteiger partial charge in [0.15, 0.2) is 5.76 Å². The number of carbonyl (C=O) groups excluding carboxylic acids is 3. The number of ether oxygens (including phenoxy) is 1. The Morgan fingerprint density at radius 2 is 1.79 bits per heavy atom. The van der Waals surface area contributed by atoms with Crippen LogP contribution in [-0.4, -0.2) is 58.7 Å². The van der Waals surface area contributed by atoms with Gasteiger partial charge in [-0.15, -0.1) is 0 Å². The molecule has 1 saturated heterocycles. The zero-order valence-corrected chi connectivity index (χ0v) is 22.6. The maximum atomic E-state index is 13.3. The number of rotatable bonds is 8. The number of hydrogen-bond acceptors (Lipinski definition) is 6. The number of benzene rings is 2. The Morgan fingerprint density at radius 1 is 1.08 bits per heavy atom. The number of hydrogen-bond donors (Lipinski definition) is 3. The molecule has 4 rings (SSSR count). The molecular formula is C30H37N3O6. The van der Waals surface area contributed by atoms with E-state index in [1.165, 1.54) is 4.90 Å². The number of fused-ring (bicyclic) bond motifs is 1. The van der Waals surface area contributed by atoms with Gasteiger partial charge in [0, 0.05) is 11.4 Å². The monoisotopic (exact) mass is 535 g/mol. The summed E-state index contributed by atoms with van der Waals surface area (Å²) in [6, 6.07) is 16.8. The predicted octanol–water partition coefficient (Wildman–Crippen LogP) is 4.24. The zero-order chi connectivity index (χ0) is 27.9. The fraction of sp³-hybridized carbons (Fsp3) is 0.433.